The van der Waals surface area contributed by atoms with Gasteiger partial charge >= 0.3 is 0 Å². The maximum absolute atomic E-state index is 12.0. The number of nitrogens with one attached hydrogen (secondary N) is 1. The van der Waals surface area contributed by atoms with Crippen molar-refractivity contribution in [3.05, 3.63) is 41.9 Å². The molecular formula is C20H23N3O4S. The minimum Gasteiger partial charge on any atom is -0.441 e. The first-order chi connectivity index (χ1) is 13.4. The van der Waals surface area contributed by atoms with Crippen LogP contribution in [-0.4, -0.2) is 45.8 Å². The van der Waals surface area contributed by atoms with Gasteiger partial charge < -0.3 is 9.73 Å². The molecular weight excluding hydrogens is 378 g/mol. The summed E-state index contributed by atoms with van der Waals surface area (Å²) in [5, 5.41) is 2.46. The van der Waals surface area contributed by atoms with E-state index in [9.17, 15) is 14.4 Å². The fourth-order valence-electron chi connectivity index (χ4n) is 2.80. The van der Waals surface area contributed by atoms with Gasteiger partial charge in [-0.1, -0.05) is 49.9 Å². The van der Waals surface area contributed by atoms with Crippen LogP contribution in [0.25, 0.3) is 11.3 Å². The molecule has 0 aliphatic carbocycles. The highest BCUT2D eigenvalue weighted by Gasteiger charge is 2.29. The van der Waals surface area contributed by atoms with Gasteiger partial charge in [-0.2, -0.15) is 0 Å². The third kappa shape index (κ3) is 5.01. The van der Waals surface area contributed by atoms with E-state index < -0.39 is 0 Å². The quantitative estimate of drug-likeness (QED) is 0.730. The summed E-state index contributed by atoms with van der Waals surface area (Å²) in [6, 6.07) is 8.16. The van der Waals surface area contributed by atoms with Gasteiger partial charge in [0.05, 0.1) is 11.9 Å². The summed E-state index contributed by atoms with van der Waals surface area (Å²) < 4.78 is 5.74. The summed E-state index contributed by atoms with van der Waals surface area (Å²) in [6.45, 7) is 4.74. The van der Waals surface area contributed by atoms with Crippen LogP contribution < -0.4 is 5.32 Å². The highest BCUT2D eigenvalue weighted by molar-refractivity contribution is 8.14. The molecule has 3 rings (SSSR count). The molecule has 0 saturated carbocycles. The van der Waals surface area contributed by atoms with Crippen LogP contribution in [0.1, 0.15) is 37.6 Å². The van der Waals surface area contributed by atoms with Crippen molar-refractivity contribution in [2.75, 3.05) is 18.8 Å². The van der Waals surface area contributed by atoms with Crippen molar-refractivity contribution in [1.82, 2.24) is 15.2 Å². The van der Waals surface area contributed by atoms with E-state index in [4.69, 9.17) is 4.42 Å². The Hall–Kier alpha value is -2.61. The van der Waals surface area contributed by atoms with Crippen LogP contribution in [0.15, 0.2) is 34.9 Å². The SMILES string of the molecule is CC(C)c1ccc(-c2cnc(CCC(=O)NCCN3C(=O)CSC3=O)o2)cc1. The van der Waals surface area contributed by atoms with E-state index in [-0.39, 0.29) is 42.3 Å². The Morgan fingerprint density at radius 2 is 2.04 bits per heavy atom. The van der Waals surface area contributed by atoms with Gasteiger partial charge in [0.1, 0.15) is 0 Å². The molecule has 1 aliphatic heterocycles. The summed E-state index contributed by atoms with van der Waals surface area (Å²) >= 11 is 0.986. The number of carbonyl (C=O) groups excluding carboxylic acids is 3. The molecule has 2 aromatic rings. The molecule has 8 heteroatoms. The van der Waals surface area contributed by atoms with E-state index in [0.717, 1.165) is 22.2 Å². The van der Waals surface area contributed by atoms with E-state index in [0.29, 0.717) is 24.0 Å². The number of oxazole rings is 1. The van der Waals surface area contributed by atoms with Gasteiger partial charge in [0.25, 0.3) is 5.24 Å². The number of rotatable bonds is 8. The first-order valence-electron chi connectivity index (χ1n) is 9.23. The highest BCUT2D eigenvalue weighted by Crippen LogP contribution is 2.23. The number of hydrogen-bond donors (Lipinski definition) is 1. The minimum atomic E-state index is -0.256. The number of carbonyl (C=O) groups is 3. The van der Waals surface area contributed by atoms with Crippen LogP contribution in [0.3, 0.4) is 0 Å². The Kier molecular flexibility index (Phi) is 6.51. The average Bonchev–Trinajstić information content (AvgIpc) is 3.28. The van der Waals surface area contributed by atoms with Gasteiger partial charge in [-0.05, 0) is 11.5 Å². The zero-order chi connectivity index (χ0) is 20.1. The van der Waals surface area contributed by atoms with Crippen LogP contribution in [0.4, 0.5) is 4.79 Å². The molecule has 0 unspecified atom stereocenters. The number of nitrogens with zero attached hydrogens (tertiary/aromatic N) is 2. The summed E-state index contributed by atoms with van der Waals surface area (Å²) in [6.07, 6.45) is 2.27. The first-order valence-corrected chi connectivity index (χ1v) is 10.2. The lowest BCUT2D eigenvalue weighted by atomic mass is 10.0. The van der Waals surface area contributed by atoms with Crippen molar-refractivity contribution in [2.24, 2.45) is 0 Å². The molecule has 0 spiro atoms. The fourth-order valence-corrected chi connectivity index (χ4v) is 3.56. The molecule has 1 aromatic carbocycles. The number of benzene rings is 1. The third-order valence-corrected chi connectivity index (χ3v) is 5.34. The van der Waals surface area contributed by atoms with Crippen LogP contribution in [0.5, 0.6) is 0 Å². The predicted octanol–water partition coefficient (Wildman–Crippen LogP) is 3.21. The van der Waals surface area contributed by atoms with Gasteiger partial charge in [-0.3, -0.25) is 19.3 Å². The average molecular weight is 401 g/mol. The van der Waals surface area contributed by atoms with Gasteiger partial charge in [0, 0.05) is 31.5 Å². The van der Waals surface area contributed by atoms with Crippen molar-refractivity contribution < 1.29 is 18.8 Å². The van der Waals surface area contributed by atoms with Crippen molar-refractivity contribution in [3.8, 4) is 11.3 Å². The first kappa shape index (κ1) is 20.1. The second-order valence-electron chi connectivity index (χ2n) is 6.84. The minimum absolute atomic E-state index is 0.173. The van der Waals surface area contributed by atoms with Crippen molar-refractivity contribution in [1.29, 1.82) is 0 Å². The molecule has 1 fully saturated rings. The standard InChI is InChI=1S/C20H23N3O4S/c1-13(2)14-3-5-15(6-4-14)16-11-22-18(27-16)8-7-17(24)21-9-10-23-19(25)12-28-20(23)26/h3-6,11,13H,7-10,12H2,1-2H3,(H,21,24). The molecule has 1 N–H and O–H groups in total. The highest BCUT2D eigenvalue weighted by atomic mass is 32.2. The number of thioether (sulfide) groups is 1. The maximum atomic E-state index is 12.0. The number of imide groups is 1. The number of aromatic nitrogens is 1. The lowest BCUT2D eigenvalue weighted by Gasteiger charge is -2.12. The van der Waals surface area contributed by atoms with Gasteiger partial charge in [0.15, 0.2) is 11.7 Å². The molecule has 1 aliphatic rings. The van der Waals surface area contributed by atoms with Crippen molar-refractivity contribution in [2.45, 2.75) is 32.6 Å². The number of aryl methyl sites for hydroxylation is 1. The fraction of sp³-hybridized carbons (Fsp3) is 0.400. The van der Waals surface area contributed by atoms with E-state index in [1.54, 1.807) is 6.20 Å². The predicted molar refractivity (Wildman–Crippen MR) is 107 cm³/mol. The Morgan fingerprint density at radius 3 is 2.68 bits per heavy atom. The Bertz CT molecular complexity index is 845. The van der Waals surface area contributed by atoms with Crippen molar-refractivity contribution in [3.63, 3.8) is 0 Å². The lowest BCUT2D eigenvalue weighted by Crippen LogP contribution is -2.37. The van der Waals surface area contributed by atoms with Crippen molar-refractivity contribution >= 4 is 28.8 Å². The number of amides is 3. The molecule has 148 valence electrons. The van der Waals surface area contributed by atoms with E-state index in [2.05, 4.69) is 36.3 Å². The zero-order valence-electron chi connectivity index (χ0n) is 15.9. The summed E-state index contributed by atoms with van der Waals surface area (Å²) in [5.41, 5.74) is 2.21. The smallest absolute Gasteiger partial charge is 0.288 e. The zero-order valence-corrected chi connectivity index (χ0v) is 16.8. The van der Waals surface area contributed by atoms with E-state index >= 15 is 0 Å². The molecule has 0 bridgehead atoms. The topological polar surface area (TPSA) is 92.5 Å². The second-order valence-corrected chi connectivity index (χ2v) is 7.77. The molecule has 0 atom stereocenters. The molecule has 0 radical (unpaired) electrons. The Labute approximate surface area is 167 Å². The summed E-state index contributed by atoms with van der Waals surface area (Å²) in [7, 11) is 0. The number of hydrogen-bond acceptors (Lipinski definition) is 6. The summed E-state index contributed by atoms with van der Waals surface area (Å²) in [5.74, 6) is 1.44. The molecule has 1 aromatic heterocycles. The van der Waals surface area contributed by atoms with Crippen LogP contribution in [0, 0.1) is 0 Å². The van der Waals surface area contributed by atoms with E-state index in [1.165, 1.54) is 5.56 Å². The molecule has 7 nitrogen and oxygen atoms in total. The molecule has 2 heterocycles. The normalized spacial score (nSPS) is 14.2. The van der Waals surface area contributed by atoms with Crippen LogP contribution >= 0.6 is 11.8 Å². The second kappa shape index (κ2) is 9.05. The Morgan fingerprint density at radius 1 is 1.29 bits per heavy atom. The lowest BCUT2D eigenvalue weighted by molar-refractivity contribution is -0.125. The third-order valence-electron chi connectivity index (χ3n) is 4.48. The van der Waals surface area contributed by atoms with Gasteiger partial charge in [-0.25, -0.2) is 4.98 Å². The van der Waals surface area contributed by atoms with E-state index in [1.807, 2.05) is 12.1 Å². The molecule has 1 saturated heterocycles. The molecule has 28 heavy (non-hydrogen) atoms. The monoisotopic (exact) mass is 401 g/mol. The van der Waals surface area contributed by atoms with Gasteiger partial charge in [-0.15, -0.1) is 0 Å². The van der Waals surface area contributed by atoms with Crippen LogP contribution in [0.2, 0.25) is 0 Å². The van der Waals surface area contributed by atoms with Crippen LogP contribution in [-0.2, 0) is 16.0 Å². The summed E-state index contributed by atoms with van der Waals surface area (Å²) in [4.78, 5) is 40.3. The molecule has 3 amide bonds. The largest absolute Gasteiger partial charge is 0.441 e. The van der Waals surface area contributed by atoms with Gasteiger partial charge in [0.2, 0.25) is 11.8 Å². The maximum Gasteiger partial charge on any atom is 0.288 e. The Balaban J connectivity index is 1.44.